The second-order valence-corrected chi connectivity index (χ2v) is 8.75. The Morgan fingerprint density at radius 3 is 2.58 bits per heavy atom. The normalized spacial score (nSPS) is 16.9. The maximum Gasteiger partial charge on any atom is 0.243 e. The van der Waals surface area contributed by atoms with Gasteiger partial charge in [-0.3, -0.25) is 4.79 Å². The number of piperidine rings is 1. The summed E-state index contributed by atoms with van der Waals surface area (Å²) in [6, 6.07) is 5.05. The summed E-state index contributed by atoms with van der Waals surface area (Å²) in [4.78, 5) is 12.3. The summed E-state index contributed by atoms with van der Waals surface area (Å²) in [5, 5.41) is 2.93. The molecular weight excluding hydrogens is 352 g/mol. The molecule has 1 aliphatic heterocycles. The van der Waals surface area contributed by atoms with E-state index in [0.29, 0.717) is 31.7 Å². The molecule has 7 heteroatoms. The van der Waals surface area contributed by atoms with Gasteiger partial charge < -0.3 is 10.1 Å². The molecule has 1 aliphatic rings. The molecule has 0 bridgehead atoms. The molecular formula is C19H30N2O4S. The lowest BCUT2D eigenvalue weighted by molar-refractivity contribution is -0.121. The van der Waals surface area contributed by atoms with E-state index in [1.54, 1.807) is 29.6 Å². The standard InChI is InChI=1S/C19H30N2O4S/c1-4-15(2)20-19(22)11-8-16-14-17(9-10-18(16)25-3)26(23,24)21-12-6-5-7-13-21/h9-10,14-15H,4-8,11-13H2,1-3H3,(H,20,22)/t15-/m0/s1. The Kier molecular flexibility index (Phi) is 7.46. The molecule has 0 saturated carbocycles. The van der Waals surface area contributed by atoms with Crippen molar-refractivity contribution in [1.29, 1.82) is 0 Å². The van der Waals surface area contributed by atoms with Gasteiger partial charge in [-0.15, -0.1) is 0 Å². The summed E-state index contributed by atoms with van der Waals surface area (Å²) >= 11 is 0. The van der Waals surface area contributed by atoms with Crippen LogP contribution in [0.15, 0.2) is 23.1 Å². The number of carbonyl (C=O) groups is 1. The van der Waals surface area contributed by atoms with Crippen LogP contribution in [-0.4, -0.2) is 44.9 Å². The number of amides is 1. The Hall–Kier alpha value is -1.60. The van der Waals surface area contributed by atoms with Crippen molar-refractivity contribution in [3.8, 4) is 5.75 Å². The van der Waals surface area contributed by atoms with Gasteiger partial charge in [0.05, 0.1) is 12.0 Å². The molecule has 0 unspecified atom stereocenters. The molecule has 0 radical (unpaired) electrons. The van der Waals surface area contributed by atoms with Gasteiger partial charge in [-0.1, -0.05) is 13.3 Å². The van der Waals surface area contributed by atoms with Crippen molar-refractivity contribution in [1.82, 2.24) is 9.62 Å². The first-order valence-electron chi connectivity index (χ1n) is 9.35. The predicted molar refractivity (Wildman–Crippen MR) is 102 cm³/mol. The fourth-order valence-corrected chi connectivity index (χ4v) is 4.63. The highest BCUT2D eigenvalue weighted by Gasteiger charge is 2.26. The van der Waals surface area contributed by atoms with Gasteiger partial charge >= 0.3 is 0 Å². The molecule has 1 heterocycles. The lowest BCUT2D eigenvalue weighted by atomic mass is 10.1. The fourth-order valence-electron chi connectivity index (χ4n) is 3.06. The molecule has 1 aromatic carbocycles. The summed E-state index contributed by atoms with van der Waals surface area (Å²) < 4.78 is 32.6. The number of rotatable bonds is 8. The Bertz CT molecular complexity index is 712. The van der Waals surface area contributed by atoms with Crippen LogP contribution >= 0.6 is 0 Å². The number of hydrogen-bond acceptors (Lipinski definition) is 4. The van der Waals surface area contributed by atoms with Gasteiger partial charge in [0.15, 0.2) is 0 Å². The van der Waals surface area contributed by atoms with Crippen molar-refractivity contribution in [2.75, 3.05) is 20.2 Å². The largest absolute Gasteiger partial charge is 0.496 e. The SMILES string of the molecule is CC[C@H](C)NC(=O)CCc1cc(S(=O)(=O)N2CCCCC2)ccc1OC. The molecule has 1 N–H and O–H groups in total. The maximum absolute atomic E-state index is 12.9. The van der Waals surface area contributed by atoms with Crippen LogP contribution in [0.4, 0.5) is 0 Å². The minimum Gasteiger partial charge on any atom is -0.496 e. The van der Waals surface area contributed by atoms with Crippen molar-refractivity contribution in [2.45, 2.75) is 63.3 Å². The quantitative estimate of drug-likeness (QED) is 0.750. The summed E-state index contributed by atoms with van der Waals surface area (Å²) in [5.41, 5.74) is 0.741. The van der Waals surface area contributed by atoms with E-state index in [1.807, 2.05) is 13.8 Å². The van der Waals surface area contributed by atoms with E-state index >= 15 is 0 Å². The highest BCUT2D eigenvalue weighted by Crippen LogP contribution is 2.27. The van der Waals surface area contributed by atoms with Gasteiger partial charge in [-0.25, -0.2) is 8.42 Å². The summed E-state index contributed by atoms with van der Waals surface area (Å²) in [6.07, 6.45) is 4.49. The topological polar surface area (TPSA) is 75.7 Å². The van der Waals surface area contributed by atoms with Gasteiger partial charge in [0.2, 0.25) is 15.9 Å². The van der Waals surface area contributed by atoms with Crippen molar-refractivity contribution >= 4 is 15.9 Å². The molecule has 0 aliphatic carbocycles. The zero-order valence-corrected chi connectivity index (χ0v) is 16.8. The third-order valence-corrected chi connectivity index (χ3v) is 6.74. The molecule has 0 aromatic heterocycles. The van der Waals surface area contributed by atoms with Crippen LogP contribution in [0, 0.1) is 0 Å². The van der Waals surface area contributed by atoms with Crippen LogP contribution in [0.5, 0.6) is 5.75 Å². The highest BCUT2D eigenvalue weighted by molar-refractivity contribution is 7.89. The Morgan fingerprint density at radius 2 is 1.96 bits per heavy atom. The summed E-state index contributed by atoms with van der Waals surface area (Å²) in [5.74, 6) is 0.574. The van der Waals surface area contributed by atoms with Crippen LogP contribution in [0.25, 0.3) is 0 Å². The van der Waals surface area contributed by atoms with Crippen molar-refractivity contribution in [2.24, 2.45) is 0 Å². The molecule has 1 fully saturated rings. The smallest absolute Gasteiger partial charge is 0.243 e. The van der Waals surface area contributed by atoms with Crippen LogP contribution < -0.4 is 10.1 Å². The molecule has 1 saturated heterocycles. The first-order valence-corrected chi connectivity index (χ1v) is 10.8. The Morgan fingerprint density at radius 1 is 1.27 bits per heavy atom. The van der Waals surface area contributed by atoms with Crippen LogP contribution in [0.1, 0.15) is 51.5 Å². The molecule has 146 valence electrons. The molecule has 6 nitrogen and oxygen atoms in total. The van der Waals surface area contributed by atoms with E-state index in [1.165, 1.54) is 0 Å². The zero-order chi connectivity index (χ0) is 19.2. The number of hydrogen-bond donors (Lipinski definition) is 1. The van der Waals surface area contributed by atoms with Crippen molar-refractivity contribution in [3.05, 3.63) is 23.8 Å². The second-order valence-electron chi connectivity index (χ2n) is 6.82. The minimum absolute atomic E-state index is 0.0364. The number of ether oxygens (including phenoxy) is 1. The first-order chi connectivity index (χ1) is 12.4. The van der Waals surface area contributed by atoms with E-state index in [2.05, 4.69) is 5.32 Å². The molecule has 2 rings (SSSR count). The molecule has 0 spiro atoms. The molecule has 1 atom stereocenters. The monoisotopic (exact) mass is 382 g/mol. The van der Waals surface area contributed by atoms with Crippen LogP contribution in [0.3, 0.4) is 0 Å². The summed E-state index contributed by atoms with van der Waals surface area (Å²) in [6.45, 7) is 5.12. The third kappa shape index (κ3) is 5.20. The highest BCUT2D eigenvalue weighted by atomic mass is 32.2. The minimum atomic E-state index is -3.49. The average Bonchev–Trinajstić information content (AvgIpc) is 2.66. The van der Waals surface area contributed by atoms with Gasteiger partial charge in [0.1, 0.15) is 5.75 Å². The van der Waals surface area contributed by atoms with E-state index in [0.717, 1.165) is 31.2 Å². The zero-order valence-electron chi connectivity index (χ0n) is 16.0. The number of sulfonamides is 1. The van der Waals surface area contributed by atoms with Gasteiger partial charge in [0.25, 0.3) is 0 Å². The average molecular weight is 383 g/mol. The van der Waals surface area contributed by atoms with E-state index < -0.39 is 10.0 Å². The lowest BCUT2D eigenvalue weighted by Gasteiger charge is -2.26. The number of nitrogens with one attached hydrogen (secondary N) is 1. The van der Waals surface area contributed by atoms with Gasteiger partial charge in [-0.2, -0.15) is 4.31 Å². The first kappa shape index (κ1) is 20.7. The van der Waals surface area contributed by atoms with Crippen molar-refractivity contribution < 1.29 is 17.9 Å². The van der Waals surface area contributed by atoms with Gasteiger partial charge in [-0.05, 0) is 56.4 Å². The Labute approximate surface area is 157 Å². The lowest BCUT2D eigenvalue weighted by Crippen LogP contribution is -2.35. The molecule has 26 heavy (non-hydrogen) atoms. The van der Waals surface area contributed by atoms with Crippen LogP contribution in [0.2, 0.25) is 0 Å². The van der Waals surface area contributed by atoms with Crippen molar-refractivity contribution in [3.63, 3.8) is 0 Å². The fraction of sp³-hybridized carbons (Fsp3) is 0.632. The number of benzene rings is 1. The molecule has 1 amide bonds. The number of nitrogens with zero attached hydrogens (tertiary/aromatic N) is 1. The van der Waals surface area contributed by atoms with E-state index in [4.69, 9.17) is 4.74 Å². The van der Waals surface area contributed by atoms with E-state index in [9.17, 15) is 13.2 Å². The number of carbonyl (C=O) groups excluding carboxylic acids is 1. The summed E-state index contributed by atoms with van der Waals surface area (Å²) in [7, 11) is -1.94. The number of methoxy groups -OCH3 is 1. The van der Waals surface area contributed by atoms with E-state index in [-0.39, 0.29) is 16.8 Å². The third-order valence-electron chi connectivity index (χ3n) is 4.85. The molecule has 1 aromatic rings. The number of aryl methyl sites for hydroxylation is 1. The van der Waals surface area contributed by atoms with Crippen LogP contribution in [-0.2, 0) is 21.2 Å². The second kappa shape index (κ2) is 9.37. The maximum atomic E-state index is 12.9. The Balaban J connectivity index is 2.16. The van der Waals surface area contributed by atoms with Gasteiger partial charge in [0, 0.05) is 25.6 Å². The predicted octanol–water partition coefficient (Wildman–Crippen LogP) is 2.72.